The highest BCUT2D eigenvalue weighted by Gasteiger charge is 2.42. The van der Waals surface area contributed by atoms with Crippen molar-refractivity contribution in [2.45, 2.75) is 19.4 Å². The number of nitrogens with zero attached hydrogens (tertiary/aromatic N) is 2. The van der Waals surface area contributed by atoms with E-state index in [4.69, 9.17) is 0 Å². The number of phenols is 1. The number of imide groups is 2. The van der Waals surface area contributed by atoms with Crippen molar-refractivity contribution >= 4 is 40.1 Å². The molecule has 3 aromatic carbocycles. The third-order valence-electron chi connectivity index (χ3n) is 6.10. The molecule has 0 saturated heterocycles. The van der Waals surface area contributed by atoms with Gasteiger partial charge in [-0.05, 0) is 42.8 Å². The topological polar surface area (TPSA) is 115 Å². The molecule has 3 aromatic rings. The zero-order valence-electron chi connectivity index (χ0n) is 17.0. The van der Waals surface area contributed by atoms with Crippen molar-refractivity contribution in [3.8, 4) is 5.75 Å². The number of benzene rings is 3. The van der Waals surface area contributed by atoms with Crippen LogP contribution in [0.2, 0.25) is 0 Å². The van der Waals surface area contributed by atoms with E-state index >= 15 is 0 Å². The lowest BCUT2D eigenvalue weighted by Crippen LogP contribution is -2.49. The van der Waals surface area contributed by atoms with E-state index in [1.165, 1.54) is 36.4 Å². The van der Waals surface area contributed by atoms with Crippen LogP contribution >= 0.6 is 0 Å². The average Bonchev–Trinajstić information content (AvgIpc) is 2.80. The second-order valence-corrected chi connectivity index (χ2v) is 7.73. The van der Waals surface area contributed by atoms with Crippen molar-refractivity contribution < 1.29 is 29.4 Å². The quantitative estimate of drug-likeness (QED) is 0.615. The number of aliphatic hydroxyl groups excluding tert-OH is 1. The SMILES string of the molecule is CCC(CO)N1C(=O)c2ccc3c4c(ccc(c24)C1=O)C(=O)N(c1ccccc1O)C3=O. The summed E-state index contributed by atoms with van der Waals surface area (Å²) in [6.07, 6.45) is 0.384. The van der Waals surface area contributed by atoms with Gasteiger partial charge in [-0.2, -0.15) is 0 Å². The summed E-state index contributed by atoms with van der Waals surface area (Å²) in [6, 6.07) is 11.2. The third-order valence-corrected chi connectivity index (χ3v) is 6.10. The van der Waals surface area contributed by atoms with Gasteiger partial charge in [0.2, 0.25) is 0 Å². The Morgan fingerprint density at radius 3 is 1.66 bits per heavy atom. The van der Waals surface area contributed by atoms with E-state index in [-0.39, 0.29) is 51.1 Å². The molecule has 8 heteroatoms. The largest absolute Gasteiger partial charge is 0.506 e. The van der Waals surface area contributed by atoms with Gasteiger partial charge in [-0.25, -0.2) is 4.90 Å². The number of hydrogen-bond acceptors (Lipinski definition) is 6. The number of rotatable bonds is 4. The molecule has 0 saturated carbocycles. The molecular formula is C24H18N2O6. The van der Waals surface area contributed by atoms with E-state index in [2.05, 4.69) is 0 Å². The van der Waals surface area contributed by atoms with E-state index in [0.717, 1.165) is 9.80 Å². The molecule has 8 nitrogen and oxygen atoms in total. The number of carbonyl (C=O) groups is 4. The van der Waals surface area contributed by atoms with Crippen LogP contribution in [-0.2, 0) is 0 Å². The number of anilines is 1. The van der Waals surface area contributed by atoms with Gasteiger partial charge in [-0.1, -0.05) is 19.1 Å². The molecule has 1 unspecified atom stereocenters. The summed E-state index contributed by atoms with van der Waals surface area (Å²) in [6.45, 7) is 1.40. The summed E-state index contributed by atoms with van der Waals surface area (Å²) in [5.74, 6) is -2.68. The summed E-state index contributed by atoms with van der Waals surface area (Å²) in [7, 11) is 0. The van der Waals surface area contributed by atoms with Crippen molar-refractivity contribution in [1.82, 2.24) is 4.90 Å². The van der Waals surface area contributed by atoms with Gasteiger partial charge < -0.3 is 10.2 Å². The van der Waals surface area contributed by atoms with Crippen LogP contribution in [-0.4, -0.2) is 51.4 Å². The first-order valence-corrected chi connectivity index (χ1v) is 10.2. The Morgan fingerprint density at radius 1 is 0.750 bits per heavy atom. The molecule has 0 aromatic heterocycles. The summed E-state index contributed by atoms with van der Waals surface area (Å²) in [4.78, 5) is 54.9. The van der Waals surface area contributed by atoms with Crippen LogP contribution in [0.15, 0.2) is 48.5 Å². The predicted octanol–water partition coefficient (Wildman–Crippen LogP) is 2.71. The molecule has 5 rings (SSSR count). The van der Waals surface area contributed by atoms with Crippen molar-refractivity contribution in [3.63, 3.8) is 0 Å². The van der Waals surface area contributed by atoms with Gasteiger partial charge in [0.05, 0.1) is 18.3 Å². The zero-order chi connectivity index (χ0) is 22.7. The number of para-hydroxylation sites is 2. The van der Waals surface area contributed by atoms with Gasteiger partial charge in [0.25, 0.3) is 23.6 Å². The van der Waals surface area contributed by atoms with Crippen LogP contribution in [0.25, 0.3) is 10.8 Å². The van der Waals surface area contributed by atoms with E-state index < -0.39 is 29.7 Å². The zero-order valence-corrected chi connectivity index (χ0v) is 17.0. The first-order valence-electron chi connectivity index (χ1n) is 10.2. The lowest BCUT2D eigenvalue weighted by Gasteiger charge is -2.34. The molecule has 0 radical (unpaired) electrons. The number of aromatic hydroxyl groups is 1. The monoisotopic (exact) mass is 430 g/mol. The third kappa shape index (κ3) is 2.47. The molecule has 0 spiro atoms. The Hall–Kier alpha value is -4.04. The number of carbonyl (C=O) groups excluding carboxylic acids is 4. The van der Waals surface area contributed by atoms with Crippen LogP contribution in [0.4, 0.5) is 5.69 Å². The lowest BCUT2D eigenvalue weighted by atomic mass is 9.85. The summed E-state index contributed by atoms with van der Waals surface area (Å²) >= 11 is 0. The maximum atomic E-state index is 13.3. The Morgan fingerprint density at radius 2 is 1.22 bits per heavy atom. The fourth-order valence-corrected chi connectivity index (χ4v) is 4.49. The van der Waals surface area contributed by atoms with Crippen molar-refractivity contribution in [1.29, 1.82) is 0 Å². The van der Waals surface area contributed by atoms with Crippen molar-refractivity contribution in [3.05, 3.63) is 70.8 Å². The van der Waals surface area contributed by atoms with E-state index in [0.29, 0.717) is 6.42 Å². The Bertz CT molecular complexity index is 1290. The second kappa shape index (κ2) is 7.00. The van der Waals surface area contributed by atoms with Crippen LogP contribution < -0.4 is 4.90 Å². The molecule has 4 amide bonds. The Balaban J connectivity index is 1.75. The predicted molar refractivity (Wildman–Crippen MR) is 115 cm³/mol. The molecular weight excluding hydrogens is 412 g/mol. The maximum absolute atomic E-state index is 13.3. The number of aliphatic hydroxyl groups is 1. The fourth-order valence-electron chi connectivity index (χ4n) is 4.49. The molecule has 2 aliphatic rings. The molecule has 0 aliphatic carbocycles. The molecule has 0 fully saturated rings. The van der Waals surface area contributed by atoms with E-state index in [1.807, 2.05) is 0 Å². The number of phenolic OH excluding ortho intramolecular Hbond substituents is 1. The average molecular weight is 430 g/mol. The van der Waals surface area contributed by atoms with Gasteiger partial charge in [0.15, 0.2) is 0 Å². The molecule has 0 bridgehead atoms. The molecule has 1 atom stereocenters. The Kier molecular flexibility index (Phi) is 4.35. The van der Waals surface area contributed by atoms with Crippen LogP contribution in [0.3, 0.4) is 0 Å². The fraction of sp³-hybridized carbons (Fsp3) is 0.167. The van der Waals surface area contributed by atoms with Gasteiger partial charge >= 0.3 is 0 Å². The molecule has 32 heavy (non-hydrogen) atoms. The smallest absolute Gasteiger partial charge is 0.266 e. The molecule has 2 heterocycles. The maximum Gasteiger partial charge on any atom is 0.266 e. The van der Waals surface area contributed by atoms with E-state index in [9.17, 15) is 29.4 Å². The van der Waals surface area contributed by atoms with Gasteiger partial charge in [-0.15, -0.1) is 0 Å². The standard InChI is InChI=1S/C24H18N2O6/c1-2-12(11-27)25-21(29)13-7-9-15-20-16(10-8-14(19(13)20)22(25)30)24(32)26(23(15)31)17-5-3-4-6-18(17)28/h3-10,12,27-28H,2,11H2,1H3. The van der Waals surface area contributed by atoms with Crippen LogP contribution in [0.1, 0.15) is 54.8 Å². The molecule has 2 aliphatic heterocycles. The van der Waals surface area contributed by atoms with Crippen molar-refractivity contribution in [2.75, 3.05) is 11.5 Å². The normalized spacial score (nSPS) is 16.2. The van der Waals surface area contributed by atoms with Gasteiger partial charge in [0.1, 0.15) is 5.75 Å². The first kappa shape index (κ1) is 19.9. The highest BCUT2D eigenvalue weighted by atomic mass is 16.3. The minimum atomic E-state index is -0.676. The summed E-state index contributed by atoms with van der Waals surface area (Å²) in [5.41, 5.74) is 0.763. The minimum absolute atomic E-state index is 0.0496. The molecule has 160 valence electrons. The first-order chi connectivity index (χ1) is 15.4. The van der Waals surface area contributed by atoms with Gasteiger partial charge in [-0.3, -0.25) is 24.1 Å². The number of hydrogen-bond donors (Lipinski definition) is 2. The van der Waals surface area contributed by atoms with Crippen molar-refractivity contribution in [2.24, 2.45) is 0 Å². The lowest BCUT2D eigenvalue weighted by molar-refractivity contribution is 0.0465. The highest BCUT2D eigenvalue weighted by molar-refractivity contribution is 6.39. The summed E-state index contributed by atoms with van der Waals surface area (Å²) in [5, 5.41) is 20.4. The van der Waals surface area contributed by atoms with E-state index in [1.54, 1.807) is 19.1 Å². The second-order valence-electron chi connectivity index (χ2n) is 7.73. The minimum Gasteiger partial charge on any atom is -0.506 e. The highest BCUT2D eigenvalue weighted by Crippen LogP contribution is 2.40. The van der Waals surface area contributed by atoms with Crippen LogP contribution in [0, 0.1) is 0 Å². The Labute approximate surface area is 182 Å². The van der Waals surface area contributed by atoms with Gasteiger partial charge in [0, 0.05) is 33.0 Å². The van der Waals surface area contributed by atoms with Crippen LogP contribution in [0.5, 0.6) is 5.75 Å². The number of amides is 4. The summed E-state index contributed by atoms with van der Waals surface area (Å²) < 4.78 is 0. The molecule has 2 N–H and O–H groups in total.